The highest BCUT2D eigenvalue weighted by molar-refractivity contribution is 6.30. The third kappa shape index (κ3) is 4.49. The Bertz CT molecular complexity index is 439. The summed E-state index contributed by atoms with van der Waals surface area (Å²) in [5, 5.41) is 3.47. The van der Waals surface area contributed by atoms with Gasteiger partial charge in [0.1, 0.15) is 0 Å². The van der Waals surface area contributed by atoms with Crippen LogP contribution in [-0.4, -0.2) is 50.2 Å². The van der Waals surface area contributed by atoms with Crippen LogP contribution in [0.25, 0.3) is 0 Å². The molecule has 1 heterocycles. The quantitative estimate of drug-likeness (QED) is 0.915. The number of morpholine rings is 1. The van der Waals surface area contributed by atoms with Gasteiger partial charge in [-0.1, -0.05) is 17.7 Å². The first-order valence-electron chi connectivity index (χ1n) is 6.49. The van der Waals surface area contributed by atoms with Crippen molar-refractivity contribution in [2.75, 3.05) is 33.3 Å². The van der Waals surface area contributed by atoms with Crippen molar-refractivity contribution in [1.29, 1.82) is 0 Å². The molecule has 1 unspecified atom stereocenters. The van der Waals surface area contributed by atoms with Gasteiger partial charge in [-0.2, -0.15) is 0 Å². The zero-order chi connectivity index (χ0) is 13.7. The molecule has 1 amide bonds. The second-order valence-corrected chi connectivity index (χ2v) is 5.25. The zero-order valence-electron chi connectivity index (χ0n) is 11.1. The molecular weight excluding hydrogens is 264 g/mol. The fourth-order valence-electron chi connectivity index (χ4n) is 2.12. The molecule has 1 saturated heterocycles. The molecule has 19 heavy (non-hydrogen) atoms. The smallest absolute Gasteiger partial charge is 0.251 e. The maximum atomic E-state index is 11.9. The lowest BCUT2D eigenvalue weighted by molar-refractivity contribution is -0.0226. The number of amides is 1. The number of benzene rings is 1. The van der Waals surface area contributed by atoms with Crippen molar-refractivity contribution in [3.8, 4) is 0 Å². The number of rotatable bonds is 4. The molecule has 0 bridgehead atoms. The van der Waals surface area contributed by atoms with Crippen molar-refractivity contribution in [1.82, 2.24) is 10.2 Å². The Kier molecular flexibility index (Phi) is 5.19. The van der Waals surface area contributed by atoms with E-state index >= 15 is 0 Å². The highest BCUT2D eigenvalue weighted by Gasteiger charge is 2.17. The van der Waals surface area contributed by atoms with E-state index in [-0.39, 0.29) is 12.0 Å². The molecule has 2 rings (SSSR count). The molecule has 0 spiro atoms. The van der Waals surface area contributed by atoms with Gasteiger partial charge < -0.3 is 15.0 Å². The van der Waals surface area contributed by atoms with Gasteiger partial charge in [0.2, 0.25) is 0 Å². The topological polar surface area (TPSA) is 41.6 Å². The third-order valence-corrected chi connectivity index (χ3v) is 3.42. The Labute approximate surface area is 118 Å². The summed E-state index contributed by atoms with van der Waals surface area (Å²) >= 11 is 5.86. The van der Waals surface area contributed by atoms with E-state index < -0.39 is 0 Å². The molecule has 1 atom stereocenters. The van der Waals surface area contributed by atoms with Gasteiger partial charge >= 0.3 is 0 Å². The first-order chi connectivity index (χ1) is 9.15. The van der Waals surface area contributed by atoms with Crippen molar-refractivity contribution in [3.63, 3.8) is 0 Å². The fourth-order valence-corrected chi connectivity index (χ4v) is 2.31. The van der Waals surface area contributed by atoms with E-state index in [2.05, 4.69) is 17.3 Å². The first-order valence-corrected chi connectivity index (χ1v) is 6.87. The summed E-state index contributed by atoms with van der Waals surface area (Å²) in [5.74, 6) is -0.0911. The molecule has 1 fully saturated rings. The largest absolute Gasteiger partial charge is 0.375 e. The normalized spacial score (nSPS) is 20.2. The Morgan fingerprint density at radius 1 is 1.58 bits per heavy atom. The van der Waals surface area contributed by atoms with Crippen LogP contribution in [0.2, 0.25) is 5.02 Å². The summed E-state index contributed by atoms with van der Waals surface area (Å²) < 4.78 is 5.64. The lowest BCUT2D eigenvalue weighted by Crippen LogP contribution is -2.41. The SMILES string of the molecule is CN1CCOC(CCNC(=O)c2cccc(Cl)c2)C1. The van der Waals surface area contributed by atoms with Crippen LogP contribution in [0.3, 0.4) is 0 Å². The molecule has 0 aromatic heterocycles. The number of carbonyl (C=O) groups excluding carboxylic acids is 1. The summed E-state index contributed by atoms with van der Waals surface area (Å²) in [7, 11) is 2.08. The number of hydrogen-bond donors (Lipinski definition) is 1. The van der Waals surface area contributed by atoms with Gasteiger partial charge in [0.15, 0.2) is 0 Å². The number of likely N-dealkylation sites (N-methyl/N-ethyl adjacent to an activating group) is 1. The molecule has 1 aromatic rings. The monoisotopic (exact) mass is 282 g/mol. The first kappa shape index (κ1) is 14.3. The molecule has 4 nitrogen and oxygen atoms in total. The number of carbonyl (C=O) groups is 1. The minimum absolute atomic E-state index is 0.0911. The molecule has 1 aromatic carbocycles. The van der Waals surface area contributed by atoms with Crippen molar-refractivity contribution < 1.29 is 9.53 Å². The van der Waals surface area contributed by atoms with E-state index in [9.17, 15) is 4.79 Å². The minimum atomic E-state index is -0.0911. The van der Waals surface area contributed by atoms with Crippen LogP contribution in [0, 0.1) is 0 Å². The van der Waals surface area contributed by atoms with Gasteiger partial charge in [0, 0.05) is 30.2 Å². The van der Waals surface area contributed by atoms with E-state index in [1.807, 2.05) is 0 Å². The minimum Gasteiger partial charge on any atom is -0.375 e. The van der Waals surface area contributed by atoms with E-state index in [4.69, 9.17) is 16.3 Å². The van der Waals surface area contributed by atoms with E-state index in [1.165, 1.54) is 0 Å². The lowest BCUT2D eigenvalue weighted by atomic mass is 10.2. The molecule has 1 N–H and O–H groups in total. The summed E-state index contributed by atoms with van der Waals surface area (Å²) in [4.78, 5) is 14.1. The Hall–Kier alpha value is -1.10. The van der Waals surface area contributed by atoms with Crippen LogP contribution in [0.15, 0.2) is 24.3 Å². The highest BCUT2D eigenvalue weighted by Crippen LogP contribution is 2.11. The van der Waals surface area contributed by atoms with Crippen LogP contribution in [0.4, 0.5) is 0 Å². The van der Waals surface area contributed by atoms with Gasteiger partial charge in [-0.15, -0.1) is 0 Å². The molecule has 1 aliphatic rings. The number of ether oxygens (including phenoxy) is 1. The van der Waals surface area contributed by atoms with Crippen molar-refractivity contribution in [3.05, 3.63) is 34.9 Å². The maximum absolute atomic E-state index is 11.9. The van der Waals surface area contributed by atoms with Crippen molar-refractivity contribution in [2.45, 2.75) is 12.5 Å². The highest BCUT2D eigenvalue weighted by atomic mass is 35.5. The number of nitrogens with zero attached hydrogens (tertiary/aromatic N) is 1. The Balaban J connectivity index is 1.75. The zero-order valence-corrected chi connectivity index (χ0v) is 11.8. The predicted octanol–water partition coefficient (Wildman–Crippen LogP) is 1.79. The standard InChI is InChI=1S/C14H19ClN2O2/c1-17-7-8-19-13(10-17)5-6-16-14(18)11-3-2-4-12(15)9-11/h2-4,9,13H,5-8,10H2,1H3,(H,16,18). The number of nitrogens with one attached hydrogen (secondary N) is 1. The van der Waals surface area contributed by atoms with Gasteiger partial charge in [-0.3, -0.25) is 4.79 Å². The maximum Gasteiger partial charge on any atom is 0.251 e. The summed E-state index contributed by atoms with van der Waals surface area (Å²) in [6.45, 7) is 3.28. The summed E-state index contributed by atoms with van der Waals surface area (Å²) in [5.41, 5.74) is 0.592. The van der Waals surface area contributed by atoms with Crippen LogP contribution in [0.1, 0.15) is 16.8 Å². The van der Waals surface area contributed by atoms with E-state index in [0.29, 0.717) is 17.1 Å². The van der Waals surface area contributed by atoms with Crippen molar-refractivity contribution >= 4 is 17.5 Å². The average Bonchev–Trinajstić information content (AvgIpc) is 2.38. The second kappa shape index (κ2) is 6.89. The number of halogens is 1. The number of hydrogen-bond acceptors (Lipinski definition) is 3. The van der Waals surface area contributed by atoms with E-state index in [0.717, 1.165) is 26.1 Å². The Morgan fingerprint density at radius 3 is 3.16 bits per heavy atom. The van der Waals surface area contributed by atoms with Crippen molar-refractivity contribution in [2.24, 2.45) is 0 Å². The fraction of sp³-hybridized carbons (Fsp3) is 0.500. The molecule has 0 aliphatic carbocycles. The van der Waals surface area contributed by atoms with Crippen LogP contribution < -0.4 is 5.32 Å². The van der Waals surface area contributed by atoms with Gasteiger partial charge in [0.25, 0.3) is 5.91 Å². The molecule has 104 valence electrons. The molecule has 5 heteroatoms. The average molecular weight is 283 g/mol. The lowest BCUT2D eigenvalue weighted by Gasteiger charge is -2.30. The van der Waals surface area contributed by atoms with Crippen LogP contribution >= 0.6 is 11.6 Å². The van der Waals surface area contributed by atoms with E-state index in [1.54, 1.807) is 24.3 Å². The molecule has 1 aliphatic heterocycles. The van der Waals surface area contributed by atoms with Gasteiger partial charge in [-0.25, -0.2) is 0 Å². The van der Waals surface area contributed by atoms with Gasteiger partial charge in [-0.05, 0) is 31.7 Å². The Morgan fingerprint density at radius 2 is 2.42 bits per heavy atom. The summed E-state index contributed by atoms with van der Waals surface area (Å²) in [6.07, 6.45) is 1.04. The predicted molar refractivity (Wildman–Crippen MR) is 75.6 cm³/mol. The van der Waals surface area contributed by atoms with Crippen LogP contribution in [0.5, 0.6) is 0 Å². The summed E-state index contributed by atoms with van der Waals surface area (Å²) in [6, 6.07) is 6.95. The van der Waals surface area contributed by atoms with Gasteiger partial charge in [0.05, 0.1) is 12.7 Å². The van der Waals surface area contributed by atoms with Crippen LogP contribution in [-0.2, 0) is 4.74 Å². The second-order valence-electron chi connectivity index (χ2n) is 4.81. The molecule has 0 saturated carbocycles. The third-order valence-electron chi connectivity index (χ3n) is 3.18. The molecule has 0 radical (unpaired) electrons. The molecular formula is C14H19ClN2O2.